The van der Waals surface area contributed by atoms with Crippen molar-refractivity contribution in [2.75, 3.05) is 33.4 Å². The second kappa shape index (κ2) is 15.8. The van der Waals surface area contributed by atoms with E-state index in [1.165, 1.54) is 44.9 Å². The van der Waals surface area contributed by atoms with E-state index in [1.807, 2.05) is 14.0 Å². The van der Waals surface area contributed by atoms with E-state index in [4.69, 9.17) is 4.74 Å². The van der Waals surface area contributed by atoms with Gasteiger partial charge in [-0.2, -0.15) is 0 Å². The molecule has 0 spiro atoms. The van der Waals surface area contributed by atoms with E-state index in [0.29, 0.717) is 0 Å². The average Bonchev–Trinajstić information content (AvgIpc) is 2.47. The molecule has 1 aliphatic carbocycles. The van der Waals surface area contributed by atoms with Crippen LogP contribution in [-0.4, -0.2) is 39.3 Å². The molecule has 132 valence electrons. The van der Waals surface area contributed by atoms with Crippen LogP contribution in [0.15, 0.2) is 4.99 Å². The van der Waals surface area contributed by atoms with Crippen molar-refractivity contribution in [2.24, 2.45) is 10.9 Å². The molecule has 0 aromatic carbocycles. The number of ether oxygens (including phenoxy) is 1. The van der Waals surface area contributed by atoms with Gasteiger partial charge in [-0.1, -0.05) is 32.1 Å². The van der Waals surface area contributed by atoms with Gasteiger partial charge in [-0.25, -0.2) is 0 Å². The van der Waals surface area contributed by atoms with Crippen molar-refractivity contribution < 1.29 is 4.74 Å². The third-order valence-corrected chi connectivity index (χ3v) is 4.22. The van der Waals surface area contributed by atoms with E-state index in [0.717, 1.165) is 51.0 Å². The molecule has 1 rings (SSSR count). The van der Waals surface area contributed by atoms with E-state index < -0.39 is 0 Å². The zero-order valence-electron chi connectivity index (χ0n) is 14.5. The van der Waals surface area contributed by atoms with Gasteiger partial charge >= 0.3 is 0 Å². The SMILES string of the molecule is CCOCCCCNC(=NC)NCC1CCCCCCC1.I. The van der Waals surface area contributed by atoms with Gasteiger partial charge in [0.2, 0.25) is 0 Å². The Labute approximate surface area is 154 Å². The van der Waals surface area contributed by atoms with Crippen LogP contribution >= 0.6 is 24.0 Å². The highest BCUT2D eigenvalue weighted by Crippen LogP contribution is 2.21. The quantitative estimate of drug-likeness (QED) is 0.268. The molecule has 1 aliphatic rings. The smallest absolute Gasteiger partial charge is 0.190 e. The van der Waals surface area contributed by atoms with Crippen molar-refractivity contribution in [3.05, 3.63) is 0 Å². The molecule has 1 saturated carbocycles. The van der Waals surface area contributed by atoms with Crippen molar-refractivity contribution in [1.82, 2.24) is 10.6 Å². The predicted octanol–water partition coefficient (Wildman–Crippen LogP) is 3.95. The summed E-state index contributed by atoms with van der Waals surface area (Å²) in [6.07, 6.45) is 12.1. The van der Waals surface area contributed by atoms with Crippen LogP contribution in [0, 0.1) is 5.92 Å². The minimum absolute atomic E-state index is 0. The highest BCUT2D eigenvalue weighted by atomic mass is 127. The number of nitrogens with one attached hydrogen (secondary N) is 2. The largest absolute Gasteiger partial charge is 0.382 e. The molecule has 0 aromatic rings. The van der Waals surface area contributed by atoms with Gasteiger partial charge in [-0.15, -0.1) is 24.0 Å². The molecule has 0 saturated heterocycles. The number of hydrogen-bond donors (Lipinski definition) is 2. The predicted molar refractivity (Wildman–Crippen MR) is 106 cm³/mol. The summed E-state index contributed by atoms with van der Waals surface area (Å²) in [5, 5.41) is 6.89. The molecule has 0 atom stereocenters. The summed E-state index contributed by atoms with van der Waals surface area (Å²) in [5.74, 6) is 1.77. The standard InChI is InChI=1S/C17H35N3O.HI/c1-3-21-14-10-9-13-19-17(18-2)20-15-16-11-7-5-4-6-8-12-16;/h16H,3-15H2,1-2H3,(H2,18,19,20);1H. The zero-order chi connectivity index (χ0) is 15.2. The number of unbranched alkanes of at least 4 members (excludes halogenated alkanes) is 1. The average molecular weight is 425 g/mol. The maximum Gasteiger partial charge on any atom is 0.190 e. The van der Waals surface area contributed by atoms with Gasteiger partial charge < -0.3 is 15.4 Å². The van der Waals surface area contributed by atoms with Crippen LogP contribution in [0.5, 0.6) is 0 Å². The van der Waals surface area contributed by atoms with Crippen molar-refractivity contribution in [1.29, 1.82) is 0 Å². The van der Waals surface area contributed by atoms with Crippen LogP contribution in [0.2, 0.25) is 0 Å². The van der Waals surface area contributed by atoms with Crippen molar-refractivity contribution >= 4 is 29.9 Å². The molecule has 0 heterocycles. The number of halogens is 1. The van der Waals surface area contributed by atoms with Crippen molar-refractivity contribution in [2.45, 2.75) is 64.7 Å². The lowest BCUT2D eigenvalue weighted by Crippen LogP contribution is -2.40. The van der Waals surface area contributed by atoms with Gasteiger partial charge in [0.1, 0.15) is 0 Å². The Kier molecular flexibility index (Phi) is 15.8. The molecule has 0 bridgehead atoms. The number of guanidine groups is 1. The Morgan fingerprint density at radius 3 is 2.36 bits per heavy atom. The van der Waals surface area contributed by atoms with Crippen LogP contribution in [0.1, 0.15) is 64.7 Å². The second-order valence-corrected chi connectivity index (χ2v) is 6.00. The van der Waals surface area contributed by atoms with Gasteiger partial charge in [0.15, 0.2) is 5.96 Å². The van der Waals surface area contributed by atoms with E-state index in [2.05, 4.69) is 15.6 Å². The molecule has 0 aliphatic heterocycles. The fourth-order valence-electron chi connectivity index (χ4n) is 2.89. The lowest BCUT2D eigenvalue weighted by atomic mass is 9.91. The monoisotopic (exact) mass is 425 g/mol. The number of hydrogen-bond acceptors (Lipinski definition) is 2. The summed E-state index contributed by atoms with van der Waals surface area (Å²) < 4.78 is 5.34. The van der Waals surface area contributed by atoms with Crippen LogP contribution < -0.4 is 10.6 Å². The summed E-state index contributed by atoms with van der Waals surface area (Å²) in [5.41, 5.74) is 0. The third-order valence-electron chi connectivity index (χ3n) is 4.22. The van der Waals surface area contributed by atoms with E-state index in [-0.39, 0.29) is 24.0 Å². The molecule has 0 aromatic heterocycles. The first-order valence-corrected chi connectivity index (χ1v) is 8.89. The molecule has 2 N–H and O–H groups in total. The maximum atomic E-state index is 5.34. The summed E-state index contributed by atoms with van der Waals surface area (Å²) in [6, 6.07) is 0. The first-order chi connectivity index (χ1) is 10.4. The Balaban J connectivity index is 0.00000441. The van der Waals surface area contributed by atoms with Crippen LogP contribution in [-0.2, 0) is 4.74 Å². The van der Waals surface area contributed by atoms with E-state index in [9.17, 15) is 0 Å². The normalized spacial score (nSPS) is 17.3. The molecule has 1 fully saturated rings. The molecule has 4 nitrogen and oxygen atoms in total. The number of aliphatic imine (C=N–C) groups is 1. The molecule has 5 heteroatoms. The molecule has 22 heavy (non-hydrogen) atoms. The molecule has 0 unspecified atom stereocenters. The van der Waals surface area contributed by atoms with E-state index >= 15 is 0 Å². The molecule has 0 amide bonds. The van der Waals surface area contributed by atoms with E-state index in [1.54, 1.807) is 0 Å². The summed E-state index contributed by atoms with van der Waals surface area (Å²) in [6.45, 7) is 5.76. The Morgan fingerprint density at radius 1 is 1.05 bits per heavy atom. The van der Waals surface area contributed by atoms with Gasteiger partial charge in [0.05, 0.1) is 0 Å². The summed E-state index contributed by atoms with van der Waals surface area (Å²) in [7, 11) is 1.85. The highest BCUT2D eigenvalue weighted by Gasteiger charge is 2.11. The molecule has 0 radical (unpaired) electrons. The maximum absolute atomic E-state index is 5.34. The number of nitrogens with zero attached hydrogens (tertiary/aromatic N) is 1. The lowest BCUT2D eigenvalue weighted by molar-refractivity contribution is 0.143. The number of rotatable bonds is 8. The topological polar surface area (TPSA) is 45.6 Å². The third kappa shape index (κ3) is 11.5. The minimum Gasteiger partial charge on any atom is -0.382 e. The van der Waals surface area contributed by atoms with Gasteiger partial charge in [0.25, 0.3) is 0 Å². The molecular formula is C17H36IN3O. The molecular weight excluding hydrogens is 389 g/mol. The summed E-state index contributed by atoms with van der Waals surface area (Å²) >= 11 is 0. The second-order valence-electron chi connectivity index (χ2n) is 6.00. The minimum atomic E-state index is 0. The highest BCUT2D eigenvalue weighted by molar-refractivity contribution is 14.0. The van der Waals surface area contributed by atoms with Gasteiger partial charge in [-0.3, -0.25) is 4.99 Å². The van der Waals surface area contributed by atoms with Crippen LogP contribution in [0.4, 0.5) is 0 Å². The van der Waals surface area contributed by atoms with Gasteiger partial charge in [0, 0.05) is 33.4 Å². The Hall–Kier alpha value is -0.0400. The Morgan fingerprint density at radius 2 is 1.73 bits per heavy atom. The Bertz CT molecular complexity index is 267. The first kappa shape index (κ1) is 22.0. The fourth-order valence-corrected chi connectivity index (χ4v) is 2.89. The first-order valence-electron chi connectivity index (χ1n) is 8.89. The summed E-state index contributed by atoms with van der Waals surface area (Å²) in [4.78, 5) is 4.31. The van der Waals surface area contributed by atoms with Crippen molar-refractivity contribution in [3.8, 4) is 0 Å². The lowest BCUT2D eigenvalue weighted by Gasteiger charge is -2.21. The van der Waals surface area contributed by atoms with Crippen LogP contribution in [0.3, 0.4) is 0 Å². The fraction of sp³-hybridized carbons (Fsp3) is 0.941. The van der Waals surface area contributed by atoms with Crippen molar-refractivity contribution in [3.63, 3.8) is 0 Å². The van der Waals surface area contributed by atoms with Gasteiger partial charge in [-0.05, 0) is 38.5 Å². The van der Waals surface area contributed by atoms with Crippen LogP contribution in [0.25, 0.3) is 0 Å². The zero-order valence-corrected chi connectivity index (χ0v) is 16.9.